The molecule has 0 aliphatic carbocycles. The zero-order valence-electron chi connectivity index (χ0n) is 18.6. The van der Waals surface area contributed by atoms with Crippen LogP contribution in [-0.4, -0.2) is 41.7 Å². The lowest BCUT2D eigenvalue weighted by Crippen LogP contribution is -2.38. The van der Waals surface area contributed by atoms with Crippen LogP contribution in [0.15, 0.2) is 24.5 Å². The highest BCUT2D eigenvalue weighted by Gasteiger charge is 2.29. The van der Waals surface area contributed by atoms with Crippen LogP contribution in [0.2, 0.25) is 0 Å². The average Bonchev–Trinajstić information content (AvgIpc) is 3.11. The van der Waals surface area contributed by atoms with Crippen molar-refractivity contribution in [2.24, 2.45) is 5.92 Å². The van der Waals surface area contributed by atoms with E-state index >= 15 is 0 Å². The van der Waals surface area contributed by atoms with E-state index in [0.717, 1.165) is 16.0 Å². The number of nitriles is 1. The number of halogens is 3. The Hall–Kier alpha value is -3.39. The van der Waals surface area contributed by atoms with E-state index in [1.807, 2.05) is 6.07 Å². The summed E-state index contributed by atoms with van der Waals surface area (Å²) in [5.41, 5.74) is 1.43. The SMILES string of the molecule is Cc1sc2ncnc(N3CCC(C(=O)Nc4ccc(OCC(F)(F)F)c(C#N)c4)CC3)c2c1C. The van der Waals surface area contributed by atoms with Gasteiger partial charge in [0.2, 0.25) is 5.91 Å². The molecule has 1 aliphatic heterocycles. The van der Waals surface area contributed by atoms with Crippen LogP contribution < -0.4 is 15.0 Å². The van der Waals surface area contributed by atoms with E-state index in [4.69, 9.17) is 0 Å². The highest BCUT2D eigenvalue weighted by molar-refractivity contribution is 7.18. The van der Waals surface area contributed by atoms with Crippen LogP contribution in [0.4, 0.5) is 24.7 Å². The molecule has 3 heterocycles. The maximum atomic E-state index is 12.8. The highest BCUT2D eigenvalue weighted by Crippen LogP contribution is 2.36. The molecule has 3 aromatic rings. The van der Waals surface area contributed by atoms with E-state index in [0.29, 0.717) is 31.6 Å². The van der Waals surface area contributed by atoms with E-state index in [2.05, 4.69) is 38.8 Å². The topological polar surface area (TPSA) is 91.1 Å². The number of alkyl halides is 3. The fourth-order valence-electron chi connectivity index (χ4n) is 3.98. The predicted octanol–water partition coefficient (Wildman–Crippen LogP) is 4.98. The lowest BCUT2D eigenvalue weighted by Gasteiger charge is -2.32. The third-order valence-electron chi connectivity index (χ3n) is 5.87. The second-order valence-electron chi connectivity index (χ2n) is 8.14. The Morgan fingerprint density at radius 2 is 2.03 bits per heavy atom. The van der Waals surface area contributed by atoms with Gasteiger partial charge in [0.15, 0.2) is 6.61 Å². The molecule has 4 rings (SSSR count). The van der Waals surface area contributed by atoms with Crippen LogP contribution >= 0.6 is 11.3 Å². The largest absolute Gasteiger partial charge is 0.483 e. The number of hydrogen-bond donors (Lipinski definition) is 1. The third kappa shape index (κ3) is 5.07. The molecular formula is C23H22F3N5O2S. The van der Waals surface area contributed by atoms with Crippen LogP contribution in [0.5, 0.6) is 5.75 Å². The standard InChI is InChI=1S/C23H22F3N5O2S/c1-13-14(2)34-22-19(13)20(28-12-29-22)31-7-5-15(6-8-31)21(32)30-17-3-4-18(16(9-17)10-27)33-11-23(24,25)26/h3-4,9,12,15H,5-8,11H2,1-2H3,(H,30,32). The number of aromatic nitrogens is 2. The van der Waals surface area contributed by atoms with Crippen molar-refractivity contribution in [3.63, 3.8) is 0 Å². The molecule has 1 aromatic carbocycles. The summed E-state index contributed by atoms with van der Waals surface area (Å²) in [5, 5.41) is 13.1. The van der Waals surface area contributed by atoms with Gasteiger partial charge in [-0.25, -0.2) is 9.97 Å². The van der Waals surface area contributed by atoms with Gasteiger partial charge in [0.1, 0.15) is 28.8 Å². The Kier molecular flexibility index (Phi) is 6.61. The smallest absolute Gasteiger partial charge is 0.422 e. The predicted molar refractivity (Wildman–Crippen MR) is 123 cm³/mol. The minimum Gasteiger partial charge on any atom is -0.483 e. The molecule has 1 N–H and O–H groups in total. The zero-order valence-corrected chi connectivity index (χ0v) is 19.4. The molecule has 0 atom stereocenters. The lowest BCUT2D eigenvalue weighted by molar-refractivity contribution is -0.153. The van der Waals surface area contributed by atoms with Gasteiger partial charge in [0.25, 0.3) is 0 Å². The van der Waals surface area contributed by atoms with Crippen LogP contribution in [0.25, 0.3) is 10.2 Å². The summed E-state index contributed by atoms with van der Waals surface area (Å²) in [6.07, 6.45) is -1.69. The van der Waals surface area contributed by atoms with Crippen molar-refractivity contribution in [1.29, 1.82) is 5.26 Å². The summed E-state index contributed by atoms with van der Waals surface area (Å²) < 4.78 is 41.9. The second kappa shape index (κ2) is 9.46. The number of rotatable bonds is 5. The summed E-state index contributed by atoms with van der Waals surface area (Å²) in [7, 11) is 0. The molecule has 34 heavy (non-hydrogen) atoms. The van der Waals surface area contributed by atoms with Crippen molar-refractivity contribution >= 4 is 39.0 Å². The number of thiophene rings is 1. The fraction of sp³-hybridized carbons (Fsp3) is 0.391. The van der Waals surface area contributed by atoms with Gasteiger partial charge >= 0.3 is 6.18 Å². The third-order valence-corrected chi connectivity index (χ3v) is 6.98. The molecule has 1 aliphatic rings. The van der Waals surface area contributed by atoms with Gasteiger partial charge in [-0.1, -0.05) is 0 Å². The van der Waals surface area contributed by atoms with Crippen LogP contribution in [0, 0.1) is 31.1 Å². The molecule has 11 heteroatoms. The van der Waals surface area contributed by atoms with Gasteiger partial charge in [0.05, 0.1) is 10.9 Å². The van der Waals surface area contributed by atoms with Crippen LogP contribution in [0.1, 0.15) is 28.8 Å². The quantitative estimate of drug-likeness (QED) is 0.544. The van der Waals surface area contributed by atoms with Gasteiger partial charge in [-0.05, 0) is 50.5 Å². The summed E-state index contributed by atoms with van der Waals surface area (Å²) in [6, 6.07) is 5.81. The van der Waals surface area contributed by atoms with E-state index in [-0.39, 0.29) is 23.1 Å². The molecule has 1 saturated heterocycles. The highest BCUT2D eigenvalue weighted by atomic mass is 32.1. The number of fused-ring (bicyclic) bond motifs is 1. The summed E-state index contributed by atoms with van der Waals surface area (Å²) in [6.45, 7) is 3.96. The Morgan fingerprint density at radius 3 is 2.71 bits per heavy atom. The van der Waals surface area contributed by atoms with Crippen LogP contribution in [0.3, 0.4) is 0 Å². The maximum absolute atomic E-state index is 12.8. The lowest BCUT2D eigenvalue weighted by atomic mass is 9.95. The molecule has 1 fully saturated rings. The van der Waals surface area contributed by atoms with Crippen molar-refractivity contribution in [2.45, 2.75) is 32.9 Å². The van der Waals surface area contributed by atoms with Crippen molar-refractivity contribution < 1.29 is 22.7 Å². The molecule has 2 aromatic heterocycles. The molecule has 1 amide bonds. The molecular weight excluding hydrogens is 467 g/mol. The van der Waals surface area contributed by atoms with E-state index in [1.54, 1.807) is 17.7 Å². The van der Waals surface area contributed by atoms with E-state index in [1.165, 1.54) is 28.6 Å². The normalized spacial score (nSPS) is 14.8. The number of nitrogens with one attached hydrogen (secondary N) is 1. The Bertz CT molecular complexity index is 1260. The number of amides is 1. The number of anilines is 2. The van der Waals surface area contributed by atoms with Crippen molar-refractivity contribution in [2.75, 3.05) is 29.9 Å². The summed E-state index contributed by atoms with van der Waals surface area (Å²) in [5.74, 6) is 0.286. The van der Waals surface area contributed by atoms with Crippen LogP contribution in [-0.2, 0) is 4.79 Å². The number of carbonyl (C=O) groups excluding carboxylic acids is 1. The Morgan fingerprint density at radius 1 is 1.29 bits per heavy atom. The van der Waals surface area contributed by atoms with Gasteiger partial charge < -0.3 is 15.0 Å². The molecule has 0 radical (unpaired) electrons. The maximum Gasteiger partial charge on any atom is 0.422 e. The second-order valence-corrected chi connectivity index (χ2v) is 9.34. The van der Waals surface area contributed by atoms with Crippen molar-refractivity contribution in [3.8, 4) is 11.8 Å². The summed E-state index contributed by atoms with van der Waals surface area (Å²) >= 11 is 1.64. The first-order valence-corrected chi connectivity index (χ1v) is 11.5. The van der Waals surface area contributed by atoms with Gasteiger partial charge in [0, 0.05) is 29.6 Å². The molecule has 0 unspecified atom stereocenters. The Balaban J connectivity index is 1.39. The first kappa shape index (κ1) is 23.8. The molecule has 0 saturated carbocycles. The molecule has 7 nitrogen and oxygen atoms in total. The Labute approximate surface area is 198 Å². The monoisotopic (exact) mass is 489 g/mol. The molecule has 0 spiro atoms. The summed E-state index contributed by atoms with van der Waals surface area (Å²) in [4.78, 5) is 26.0. The van der Waals surface area contributed by atoms with Crippen molar-refractivity contribution in [1.82, 2.24) is 9.97 Å². The minimum absolute atomic E-state index is 0.0777. The minimum atomic E-state index is -4.51. The number of nitrogens with zero attached hydrogens (tertiary/aromatic N) is 4. The van der Waals surface area contributed by atoms with Gasteiger partial charge in [-0.3, -0.25) is 4.79 Å². The van der Waals surface area contributed by atoms with Gasteiger partial charge in [-0.2, -0.15) is 18.4 Å². The molecule has 0 bridgehead atoms. The number of aryl methyl sites for hydroxylation is 2. The fourth-order valence-corrected chi connectivity index (χ4v) is 4.97. The number of carbonyl (C=O) groups is 1. The molecule has 178 valence electrons. The number of piperidine rings is 1. The van der Waals surface area contributed by atoms with E-state index < -0.39 is 12.8 Å². The first-order valence-electron chi connectivity index (χ1n) is 10.7. The average molecular weight is 490 g/mol. The van der Waals surface area contributed by atoms with E-state index in [9.17, 15) is 23.2 Å². The van der Waals surface area contributed by atoms with Gasteiger partial charge in [-0.15, -0.1) is 11.3 Å². The number of hydrogen-bond acceptors (Lipinski definition) is 7. The zero-order chi connectivity index (χ0) is 24.5. The number of benzene rings is 1. The van der Waals surface area contributed by atoms with Crippen molar-refractivity contribution in [3.05, 3.63) is 40.5 Å². The number of ether oxygens (including phenoxy) is 1. The first-order chi connectivity index (χ1) is 16.2.